The molecule has 0 spiro atoms. The highest BCUT2D eigenvalue weighted by Crippen LogP contribution is 2.48. The molecule has 0 saturated heterocycles. The number of para-hydroxylation sites is 1. The normalized spacial score (nSPS) is 31.4. The molecule has 1 amide bonds. The van der Waals surface area contributed by atoms with Crippen LogP contribution in [-0.2, 0) is 9.59 Å². The molecule has 2 aliphatic carbocycles. The monoisotopic (exact) mass is 257 g/mol. The molecule has 1 saturated carbocycles. The van der Waals surface area contributed by atoms with Crippen LogP contribution in [0, 0.1) is 23.7 Å². The molecule has 19 heavy (non-hydrogen) atoms. The lowest BCUT2D eigenvalue weighted by Gasteiger charge is -2.23. The first kappa shape index (κ1) is 12.0. The molecule has 0 aliphatic heterocycles. The van der Waals surface area contributed by atoms with Crippen LogP contribution in [0.5, 0.6) is 0 Å². The minimum atomic E-state index is -0.870. The molecular formula is C15H15NO3. The number of amides is 1. The van der Waals surface area contributed by atoms with E-state index in [1.807, 2.05) is 30.4 Å². The SMILES string of the molecule is O=C(O)[C@H]1[C@H](C(=O)Nc2ccccc2)[C@H]2C=C[C@@H]1C2. The molecule has 2 bridgehead atoms. The van der Waals surface area contributed by atoms with Gasteiger partial charge in [-0.3, -0.25) is 9.59 Å². The Kier molecular flexibility index (Phi) is 2.85. The van der Waals surface area contributed by atoms with Crippen LogP contribution in [0.25, 0.3) is 0 Å². The summed E-state index contributed by atoms with van der Waals surface area (Å²) >= 11 is 0. The standard InChI is InChI=1S/C15H15NO3/c17-14(16-11-4-2-1-3-5-11)12-9-6-7-10(8-9)13(12)15(18)19/h1-7,9-10,12-13H,8H2,(H,16,17)(H,18,19)/t9-,10+,12+,13+/m0/s1. The Morgan fingerprint density at radius 3 is 2.32 bits per heavy atom. The Hall–Kier alpha value is -2.10. The van der Waals surface area contributed by atoms with Gasteiger partial charge < -0.3 is 10.4 Å². The molecule has 1 aromatic carbocycles. The minimum Gasteiger partial charge on any atom is -0.481 e. The molecule has 4 atom stereocenters. The van der Waals surface area contributed by atoms with Crippen LogP contribution in [0.15, 0.2) is 42.5 Å². The van der Waals surface area contributed by atoms with E-state index in [4.69, 9.17) is 0 Å². The summed E-state index contributed by atoms with van der Waals surface area (Å²) in [4.78, 5) is 23.7. The molecule has 4 nitrogen and oxygen atoms in total. The number of aliphatic carboxylic acids is 1. The molecule has 1 fully saturated rings. The number of carbonyl (C=O) groups is 2. The van der Waals surface area contributed by atoms with E-state index >= 15 is 0 Å². The van der Waals surface area contributed by atoms with E-state index in [2.05, 4.69) is 5.32 Å². The van der Waals surface area contributed by atoms with Gasteiger partial charge in [-0.05, 0) is 30.4 Å². The Morgan fingerprint density at radius 1 is 1.05 bits per heavy atom. The Bertz CT molecular complexity index is 538. The van der Waals surface area contributed by atoms with Crippen LogP contribution in [0.4, 0.5) is 5.69 Å². The number of hydrogen-bond acceptors (Lipinski definition) is 2. The lowest BCUT2D eigenvalue weighted by atomic mass is 9.82. The van der Waals surface area contributed by atoms with Crippen LogP contribution in [0.3, 0.4) is 0 Å². The first-order valence-electron chi connectivity index (χ1n) is 6.44. The largest absolute Gasteiger partial charge is 0.481 e. The number of allylic oxidation sites excluding steroid dienone is 2. The number of hydrogen-bond donors (Lipinski definition) is 2. The van der Waals surface area contributed by atoms with Crippen LogP contribution in [0.1, 0.15) is 6.42 Å². The van der Waals surface area contributed by atoms with Crippen molar-refractivity contribution < 1.29 is 14.7 Å². The van der Waals surface area contributed by atoms with Gasteiger partial charge in [-0.1, -0.05) is 30.4 Å². The fourth-order valence-corrected chi connectivity index (χ4v) is 3.26. The van der Waals surface area contributed by atoms with Crippen molar-refractivity contribution in [3.8, 4) is 0 Å². The van der Waals surface area contributed by atoms with Gasteiger partial charge >= 0.3 is 5.97 Å². The molecule has 0 radical (unpaired) electrons. The van der Waals surface area contributed by atoms with Crippen molar-refractivity contribution in [3.63, 3.8) is 0 Å². The Balaban J connectivity index is 1.79. The van der Waals surface area contributed by atoms with Crippen molar-refractivity contribution in [2.75, 3.05) is 5.32 Å². The van der Waals surface area contributed by atoms with E-state index in [9.17, 15) is 14.7 Å². The first-order chi connectivity index (χ1) is 9.16. The number of carbonyl (C=O) groups excluding carboxylic acids is 1. The van der Waals surface area contributed by atoms with E-state index in [0.29, 0.717) is 5.69 Å². The maximum absolute atomic E-state index is 12.3. The summed E-state index contributed by atoms with van der Waals surface area (Å²) in [5.74, 6) is -2.02. The van der Waals surface area contributed by atoms with E-state index in [1.165, 1.54) is 0 Å². The highest BCUT2D eigenvalue weighted by Gasteiger charge is 2.51. The maximum Gasteiger partial charge on any atom is 0.307 e. The molecule has 2 aliphatic rings. The van der Waals surface area contributed by atoms with Crippen molar-refractivity contribution in [3.05, 3.63) is 42.5 Å². The average molecular weight is 257 g/mol. The summed E-state index contributed by atoms with van der Waals surface area (Å²) in [5, 5.41) is 12.1. The van der Waals surface area contributed by atoms with Gasteiger partial charge in [0.25, 0.3) is 0 Å². The molecule has 98 valence electrons. The smallest absolute Gasteiger partial charge is 0.307 e. The number of benzene rings is 1. The van der Waals surface area contributed by atoms with Crippen molar-refractivity contribution in [1.82, 2.24) is 0 Å². The number of rotatable bonds is 3. The predicted molar refractivity (Wildman–Crippen MR) is 70.4 cm³/mol. The Morgan fingerprint density at radius 2 is 1.68 bits per heavy atom. The van der Waals surface area contributed by atoms with Crippen LogP contribution in [-0.4, -0.2) is 17.0 Å². The molecule has 0 aromatic heterocycles. The summed E-state index contributed by atoms with van der Waals surface area (Å²) < 4.78 is 0. The average Bonchev–Trinajstić information content (AvgIpc) is 2.99. The fourth-order valence-electron chi connectivity index (χ4n) is 3.26. The van der Waals surface area contributed by atoms with Crippen LogP contribution in [0.2, 0.25) is 0 Å². The molecule has 2 N–H and O–H groups in total. The third-order valence-electron chi connectivity index (χ3n) is 4.09. The fraction of sp³-hybridized carbons (Fsp3) is 0.333. The second-order valence-electron chi connectivity index (χ2n) is 5.19. The molecular weight excluding hydrogens is 242 g/mol. The third-order valence-corrected chi connectivity index (χ3v) is 4.09. The van der Waals surface area contributed by atoms with E-state index in [-0.39, 0.29) is 17.7 Å². The molecule has 4 heteroatoms. The zero-order chi connectivity index (χ0) is 13.4. The van der Waals surface area contributed by atoms with Gasteiger partial charge in [0.2, 0.25) is 5.91 Å². The van der Waals surface area contributed by atoms with Gasteiger partial charge in [-0.15, -0.1) is 0 Å². The van der Waals surface area contributed by atoms with E-state index in [0.717, 1.165) is 6.42 Å². The summed E-state index contributed by atoms with van der Waals surface area (Å²) in [5.41, 5.74) is 0.711. The van der Waals surface area contributed by atoms with Gasteiger partial charge in [0.1, 0.15) is 0 Å². The lowest BCUT2D eigenvalue weighted by Crippen LogP contribution is -2.36. The van der Waals surface area contributed by atoms with Crippen LogP contribution >= 0.6 is 0 Å². The zero-order valence-corrected chi connectivity index (χ0v) is 10.3. The van der Waals surface area contributed by atoms with Gasteiger partial charge in [0.05, 0.1) is 11.8 Å². The summed E-state index contributed by atoms with van der Waals surface area (Å²) in [7, 11) is 0. The first-order valence-corrected chi connectivity index (χ1v) is 6.44. The van der Waals surface area contributed by atoms with Crippen LogP contribution < -0.4 is 5.32 Å². The number of nitrogens with one attached hydrogen (secondary N) is 1. The highest BCUT2D eigenvalue weighted by molar-refractivity contribution is 5.96. The van der Waals surface area contributed by atoms with E-state index < -0.39 is 17.8 Å². The minimum absolute atomic E-state index is 0.00835. The third kappa shape index (κ3) is 2.03. The number of anilines is 1. The van der Waals surface area contributed by atoms with Crippen molar-refractivity contribution >= 4 is 17.6 Å². The Labute approximate surface area is 111 Å². The number of carboxylic acids is 1. The second-order valence-corrected chi connectivity index (χ2v) is 5.19. The second kappa shape index (κ2) is 4.53. The summed E-state index contributed by atoms with van der Waals surface area (Å²) in [6.07, 6.45) is 4.71. The molecule has 1 aromatic rings. The van der Waals surface area contributed by atoms with Crippen molar-refractivity contribution in [2.45, 2.75) is 6.42 Å². The quantitative estimate of drug-likeness (QED) is 0.815. The van der Waals surface area contributed by atoms with Gasteiger partial charge in [-0.2, -0.15) is 0 Å². The van der Waals surface area contributed by atoms with Crippen molar-refractivity contribution in [1.29, 1.82) is 0 Å². The number of fused-ring (bicyclic) bond motifs is 2. The topological polar surface area (TPSA) is 66.4 Å². The summed E-state index contributed by atoms with van der Waals surface area (Å²) in [6, 6.07) is 9.15. The molecule has 0 unspecified atom stereocenters. The van der Waals surface area contributed by atoms with Crippen molar-refractivity contribution in [2.24, 2.45) is 23.7 Å². The molecule has 0 heterocycles. The van der Waals surface area contributed by atoms with Gasteiger partial charge in [-0.25, -0.2) is 0 Å². The van der Waals surface area contributed by atoms with Gasteiger partial charge in [0.15, 0.2) is 0 Å². The molecule has 3 rings (SSSR count). The summed E-state index contributed by atoms with van der Waals surface area (Å²) in [6.45, 7) is 0. The van der Waals surface area contributed by atoms with Gasteiger partial charge in [0, 0.05) is 5.69 Å². The maximum atomic E-state index is 12.3. The zero-order valence-electron chi connectivity index (χ0n) is 10.3. The highest BCUT2D eigenvalue weighted by atomic mass is 16.4. The lowest BCUT2D eigenvalue weighted by molar-refractivity contribution is -0.146. The predicted octanol–water partition coefficient (Wildman–Crippen LogP) is 2.15. The van der Waals surface area contributed by atoms with E-state index in [1.54, 1.807) is 12.1 Å². The number of carboxylic acid groups (broad SMARTS) is 1.